The summed E-state index contributed by atoms with van der Waals surface area (Å²) in [6.45, 7) is 7.79. The summed E-state index contributed by atoms with van der Waals surface area (Å²) in [5.41, 5.74) is 7.48. The van der Waals surface area contributed by atoms with Gasteiger partial charge in [0.05, 0.1) is 13.2 Å². The Bertz CT molecular complexity index is 426. The summed E-state index contributed by atoms with van der Waals surface area (Å²) in [4.78, 5) is 0. The van der Waals surface area contributed by atoms with Crippen LogP contribution in [0.1, 0.15) is 18.5 Å². The average Bonchev–Trinajstić information content (AvgIpc) is 2.34. The van der Waals surface area contributed by atoms with Gasteiger partial charge < -0.3 is 15.8 Å². The van der Waals surface area contributed by atoms with Crippen LogP contribution in [0.5, 0.6) is 0 Å². The second-order valence-corrected chi connectivity index (χ2v) is 4.83. The number of rotatable bonds is 8. The minimum Gasteiger partial charge on any atom is -0.376 e. The van der Waals surface area contributed by atoms with Crippen LogP contribution in [0.3, 0.4) is 0 Å². The van der Waals surface area contributed by atoms with E-state index in [0.29, 0.717) is 31.3 Å². The Morgan fingerprint density at radius 3 is 2.89 bits per heavy atom. The molecule has 0 saturated heterocycles. The molecule has 0 radical (unpaired) electrons. The quantitative estimate of drug-likeness (QED) is 0.570. The fraction of sp³-hybridized carbons (Fsp3) is 0.429. The molecule has 19 heavy (non-hydrogen) atoms. The second-order valence-electron chi connectivity index (χ2n) is 4.42. The van der Waals surface area contributed by atoms with Crippen molar-refractivity contribution in [1.29, 1.82) is 0 Å². The number of halogens is 2. The Hall–Kier alpha value is -0.940. The van der Waals surface area contributed by atoms with Crippen molar-refractivity contribution in [2.75, 3.05) is 26.3 Å². The lowest BCUT2D eigenvalue weighted by atomic mass is 10.1. The smallest absolute Gasteiger partial charge is 0.124 e. The van der Waals surface area contributed by atoms with E-state index in [1.54, 1.807) is 6.07 Å². The van der Waals surface area contributed by atoms with Crippen molar-refractivity contribution in [2.45, 2.75) is 13.0 Å². The third-order valence-electron chi connectivity index (χ3n) is 2.56. The molecule has 106 valence electrons. The highest BCUT2D eigenvalue weighted by atomic mass is 35.5. The Kier molecular flexibility index (Phi) is 7.02. The average molecular weight is 287 g/mol. The van der Waals surface area contributed by atoms with Crippen LogP contribution in [0.15, 0.2) is 30.4 Å². The Labute approximate surface area is 118 Å². The molecule has 1 unspecified atom stereocenters. The van der Waals surface area contributed by atoms with Gasteiger partial charge in [-0.1, -0.05) is 29.8 Å². The van der Waals surface area contributed by atoms with E-state index in [9.17, 15) is 4.39 Å². The molecule has 0 spiro atoms. The number of nitrogens with two attached hydrogens (primary N) is 1. The van der Waals surface area contributed by atoms with Gasteiger partial charge in [-0.25, -0.2) is 4.39 Å². The van der Waals surface area contributed by atoms with Crippen molar-refractivity contribution in [1.82, 2.24) is 5.32 Å². The van der Waals surface area contributed by atoms with E-state index >= 15 is 0 Å². The summed E-state index contributed by atoms with van der Waals surface area (Å²) in [7, 11) is 0. The highest BCUT2D eigenvalue weighted by Gasteiger charge is 2.12. The highest BCUT2D eigenvalue weighted by Crippen LogP contribution is 2.23. The van der Waals surface area contributed by atoms with Crippen LogP contribution in [0.25, 0.3) is 0 Å². The summed E-state index contributed by atoms with van der Waals surface area (Å²) in [5.74, 6) is -0.352. The van der Waals surface area contributed by atoms with E-state index in [1.165, 1.54) is 12.1 Å². The molecule has 1 aromatic rings. The molecule has 0 aliphatic heterocycles. The maximum absolute atomic E-state index is 13.0. The van der Waals surface area contributed by atoms with Crippen LogP contribution in [0.4, 0.5) is 4.39 Å². The number of nitrogens with one attached hydrogen (secondary N) is 1. The van der Waals surface area contributed by atoms with Crippen molar-refractivity contribution in [3.63, 3.8) is 0 Å². The Morgan fingerprint density at radius 2 is 2.32 bits per heavy atom. The van der Waals surface area contributed by atoms with Gasteiger partial charge in [-0.3, -0.25) is 0 Å². The lowest BCUT2D eigenvalue weighted by Crippen LogP contribution is -2.31. The van der Waals surface area contributed by atoms with E-state index in [2.05, 4.69) is 11.9 Å². The molecule has 1 atom stereocenters. The maximum atomic E-state index is 13.0. The van der Waals surface area contributed by atoms with E-state index in [-0.39, 0.29) is 11.9 Å². The molecule has 0 aliphatic rings. The van der Waals surface area contributed by atoms with Crippen LogP contribution in [0.2, 0.25) is 5.02 Å². The van der Waals surface area contributed by atoms with Gasteiger partial charge >= 0.3 is 0 Å². The number of hydrogen-bond acceptors (Lipinski definition) is 3. The third kappa shape index (κ3) is 5.70. The fourth-order valence-electron chi connectivity index (χ4n) is 1.66. The molecule has 1 aromatic carbocycles. The number of hydrogen-bond donors (Lipinski definition) is 2. The zero-order valence-electron chi connectivity index (χ0n) is 11.1. The molecule has 0 aliphatic carbocycles. The van der Waals surface area contributed by atoms with Crippen LogP contribution >= 0.6 is 11.6 Å². The van der Waals surface area contributed by atoms with E-state index in [1.807, 2.05) is 6.92 Å². The van der Waals surface area contributed by atoms with Crippen LogP contribution in [-0.2, 0) is 4.74 Å². The molecule has 0 aromatic heterocycles. The van der Waals surface area contributed by atoms with Crippen molar-refractivity contribution in [3.05, 3.63) is 46.8 Å². The second kappa shape index (κ2) is 8.27. The van der Waals surface area contributed by atoms with Gasteiger partial charge in [0, 0.05) is 24.2 Å². The van der Waals surface area contributed by atoms with E-state index in [4.69, 9.17) is 22.1 Å². The third-order valence-corrected chi connectivity index (χ3v) is 2.89. The first-order valence-electron chi connectivity index (χ1n) is 6.15. The molecular weight excluding hydrogens is 267 g/mol. The predicted octanol–water partition coefficient (Wildman–Crippen LogP) is 2.66. The molecule has 0 bridgehead atoms. The lowest BCUT2D eigenvalue weighted by Gasteiger charge is -2.18. The fourth-order valence-corrected chi connectivity index (χ4v) is 1.96. The summed E-state index contributed by atoms with van der Waals surface area (Å²) in [5, 5.41) is 3.61. The minimum atomic E-state index is -0.352. The Balaban J connectivity index is 2.47. The summed E-state index contributed by atoms with van der Waals surface area (Å²) in [6.07, 6.45) is 0. The first kappa shape index (κ1) is 16.1. The van der Waals surface area contributed by atoms with Gasteiger partial charge in [0.2, 0.25) is 0 Å². The van der Waals surface area contributed by atoms with E-state index in [0.717, 1.165) is 11.1 Å². The predicted molar refractivity (Wildman–Crippen MR) is 76.8 cm³/mol. The van der Waals surface area contributed by atoms with Gasteiger partial charge in [0.1, 0.15) is 5.82 Å². The van der Waals surface area contributed by atoms with Crippen molar-refractivity contribution < 1.29 is 9.13 Å². The molecule has 3 N–H and O–H groups in total. The zero-order chi connectivity index (χ0) is 14.3. The van der Waals surface area contributed by atoms with Gasteiger partial charge in [-0.15, -0.1) is 0 Å². The van der Waals surface area contributed by atoms with Crippen LogP contribution in [-0.4, -0.2) is 26.3 Å². The van der Waals surface area contributed by atoms with Crippen molar-refractivity contribution in [2.24, 2.45) is 5.73 Å². The summed E-state index contributed by atoms with van der Waals surface area (Å²) < 4.78 is 18.4. The lowest BCUT2D eigenvalue weighted by molar-refractivity contribution is 0.155. The molecule has 0 fully saturated rings. The topological polar surface area (TPSA) is 47.3 Å². The molecule has 0 amide bonds. The molecule has 3 nitrogen and oxygen atoms in total. The molecule has 5 heteroatoms. The van der Waals surface area contributed by atoms with Crippen LogP contribution in [0, 0.1) is 5.82 Å². The monoisotopic (exact) mass is 286 g/mol. The Morgan fingerprint density at radius 1 is 1.58 bits per heavy atom. The molecular formula is C14H20ClFN2O. The zero-order valence-corrected chi connectivity index (χ0v) is 11.8. The van der Waals surface area contributed by atoms with Crippen molar-refractivity contribution in [3.8, 4) is 0 Å². The van der Waals surface area contributed by atoms with Gasteiger partial charge in [0.15, 0.2) is 0 Å². The standard InChI is InChI=1S/C14H20ClFN2O/c1-10(2)9-19-6-5-18-14(8-17)12-4-3-11(16)7-13(12)15/h3-4,7,14,18H,1,5-6,8-9,17H2,2H3. The number of ether oxygens (including phenoxy) is 1. The van der Waals surface area contributed by atoms with Gasteiger partial charge in [-0.05, 0) is 24.6 Å². The summed E-state index contributed by atoms with van der Waals surface area (Å²) in [6, 6.07) is 4.21. The normalized spacial score (nSPS) is 12.4. The summed E-state index contributed by atoms with van der Waals surface area (Å²) >= 11 is 6.01. The molecule has 1 rings (SSSR count). The number of benzene rings is 1. The van der Waals surface area contributed by atoms with Crippen molar-refractivity contribution >= 4 is 11.6 Å². The van der Waals surface area contributed by atoms with Gasteiger partial charge in [-0.2, -0.15) is 0 Å². The minimum absolute atomic E-state index is 0.110. The van der Waals surface area contributed by atoms with Crippen LogP contribution < -0.4 is 11.1 Å². The first-order chi connectivity index (χ1) is 9.04. The molecule has 0 saturated carbocycles. The van der Waals surface area contributed by atoms with Gasteiger partial charge in [0.25, 0.3) is 0 Å². The highest BCUT2D eigenvalue weighted by molar-refractivity contribution is 6.31. The van der Waals surface area contributed by atoms with E-state index < -0.39 is 0 Å². The first-order valence-corrected chi connectivity index (χ1v) is 6.53. The maximum Gasteiger partial charge on any atom is 0.124 e. The largest absolute Gasteiger partial charge is 0.376 e. The molecule has 0 heterocycles. The SMILES string of the molecule is C=C(C)COCCNC(CN)c1ccc(F)cc1Cl.